The highest BCUT2D eigenvalue weighted by molar-refractivity contribution is 6.30. The highest BCUT2D eigenvalue weighted by atomic mass is 35.5. The zero-order chi connectivity index (χ0) is 17.5. The number of hydrogen-bond acceptors (Lipinski definition) is 5. The van der Waals surface area contributed by atoms with Gasteiger partial charge in [-0.05, 0) is 36.6 Å². The molecule has 0 saturated heterocycles. The Hall–Kier alpha value is -2.66. The van der Waals surface area contributed by atoms with Gasteiger partial charge in [-0.25, -0.2) is 0 Å². The molecule has 0 radical (unpaired) electrons. The molecule has 0 amide bonds. The van der Waals surface area contributed by atoms with Crippen LogP contribution < -0.4 is 10.6 Å². The SMILES string of the molecule is CC(Nc1nncc(NCCc2cccc(Cl)c2)n1)c1ccccc1. The van der Waals surface area contributed by atoms with Gasteiger partial charge in [-0.1, -0.05) is 54.1 Å². The summed E-state index contributed by atoms with van der Waals surface area (Å²) < 4.78 is 0. The summed E-state index contributed by atoms with van der Waals surface area (Å²) in [4.78, 5) is 4.47. The first-order valence-corrected chi connectivity index (χ1v) is 8.58. The summed E-state index contributed by atoms with van der Waals surface area (Å²) in [6.45, 7) is 2.81. The van der Waals surface area contributed by atoms with Crippen LogP contribution in [0.4, 0.5) is 11.8 Å². The van der Waals surface area contributed by atoms with Gasteiger partial charge in [0.1, 0.15) is 0 Å². The van der Waals surface area contributed by atoms with Crippen LogP contribution in [-0.2, 0) is 6.42 Å². The summed E-state index contributed by atoms with van der Waals surface area (Å²) in [5.74, 6) is 1.20. The van der Waals surface area contributed by atoms with Crippen molar-refractivity contribution in [2.45, 2.75) is 19.4 Å². The monoisotopic (exact) mass is 353 g/mol. The molecule has 1 atom stereocenters. The second kappa shape index (κ2) is 8.44. The van der Waals surface area contributed by atoms with Crippen LogP contribution in [0.2, 0.25) is 5.02 Å². The van der Waals surface area contributed by atoms with E-state index in [1.807, 2.05) is 36.4 Å². The zero-order valence-electron chi connectivity index (χ0n) is 14.0. The topological polar surface area (TPSA) is 62.7 Å². The molecule has 1 heterocycles. The summed E-state index contributed by atoms with van der Waals surface area (Å²) in [6.07, 6.45) is 2.48. The lowest BCUT2D eigenvalue weighted by molar-refractivity contribution is 0.838. The molecule has 5 nitrogen and oxygen atoms in total. The molecule has 0 saturated carbocycles. The van der Waals surface area contributed by atoms with Crippen LogP contribution in [0.15, 0.2) is 60.8 Å². The molecule has 3 rings (SSSR count). The Bertz CT molecular complexity index is 810. The lowest BCUT2D eigenvalue weighted by atomic mass is 10.1. The molecule has 3 aromatic rings. The largest absolute Gasteiger partial charge is 0.368 e. The quantitative estimate of drug-likeness (QED) is 0.661. The van der Waals surface area contributed by atoms with Gasteiger partial charge >= 0.3 is 0 Å². The van der Waals surface area contributed by atoms with E-state index in [4.69, 9.17) is 11.6 Å². The molecule has 0 fully saturated rings. The summed E-state index contributed by atoms with van der Waals surface area (Å²) in [7, 11) is 0. The van der Waals surface area contributed by atoms with Crippen molar-refractivity contribution in [3.63, 3.8) is 0 Å². The Balaban J connectivity index is 1.56. The fourth-order valence-electron chi connectivity index (χ4n) is 2.50. The molecule has 6 heteroatoms. The van der Waals surface area contributed by atoms with Gasteiger partial charge in [0.25, 0.3) is 0 Å². The first kappa shape index (κ1) is 17.2. The average molecular weight is 354 g/mol. The van der Waals surface area contributed by atoms with E-state index in [0.29, 0.717) is 11.8 Å². The molecule has 2 aromatic carbocycles. The van der Waals surface area contributed by atoms with Crippen molar-refractivity contribution in [1.82, 2.24) is 15.2 Å². The van der Waals surface area contributed by atoms with Crippen LogP contribution in [0.3, 0.4) is 0 Å². The first-order chi connectivity index (χ1) is 12.2. The van der Waals surface area contributed by atoms with E-state index in [2.05, 4.69) is 50.9 Å². The van der Waals surface area contributed by atoms with Crippen molar-refractivity contribution in [3.05, 3.63) is 76.9 Å². The van der Waals surface area contributed by atoms with Crippen molar-refractivity contribution >= 4 is 23.4 Å². The molecular formula is C19H20ClN5. The van der Waals surface area contributed by atoms with Crippen molar-refractivity contribution < 1.29 is 0 Å². The average Bonchev–Trinajstić information content (AvgIpc) is 2.63. The van der Waals surface area contributed by atoms with E-state index in [1.54, 1.807) is 6.20 Å². The molecule has 0 aliphatic carbocycles. The molecular weight excluding hydrogens is 334 g/mol. The van der Waals surface area contributed by atoms with E-state index >= 15 is 0 Å². The molecule has 0 bridgehead atoms. The second-order valence-electron chi connectivity index (χ2n) is 5.75. The minimum Gasteiger partial charge on any atom is -0.368 e. The van der Waals surface area contributed by atoms with Gasteiger partial charge in [0.2, 0.25) is 5.95 Å². The number of aromatic nitrogens is 3. The zero-order valence-corrected chi connectivity index (χ0v) is 14.7. The Kier molecular flexibility index (Phi) is 5.80. The van der Waals surface area contributed by atoms with Crippen molar-refractivity contribution in [3.8, 4) is 0 Å². The standard InChI is InChI=1S/C19H20ClN5/c1-14(16-7-3-2-4-8-16)23-19-24-18(13-22-25-19)21-11-10-15-6-5-9-17(20)12-15/h2-9,12-14H,10-11H2,1H3,(H2,21,23,24,25). The maximum atomic E-state index is 6.00. The summed E-state index contributed by atoms with van der Waals surface area (Å²) >= 11 is 6.00. The van der Waals surface area contributed by atoms with Crippen LogP contribution in [-0.4, -0.2) is 21.7 Å². The number of anilines is 2. The predicted molar refractivity (Wildman–Crippen MR) is 102 cm³/mol. The Morgan fingerprint density at radius 3 is 2.72 bits per heavy atom. The molecule has 2 N–H and O–H groups in total. The second-order valence-corrected chi connectivity index (χ2v) is 6.19. The number of hydrogen-bond donors (Lipinski definition) is 2. The molecule has 0 aliphatic heterocycles. The maximum Gasteiger partial charge on any atom is 0.245 e. The summed E-state index contributed by atoms with van der Waals surface area (Å²) in [5, 5.41) is 15.4. The van der Waals surface area contributed by atoms with Gasteiger partial charge in [0.15, 0.2) is 5.82 Å². The minimum absolute atomic E-state index is 0.102. The first-order valence-electron chi connectivity index (χ1n) is 8.20. The van der Waals surface area contributed by atoms with Crippen molar-refractivity contribution in [1.29, 1.82) is 0 Å². The third kappa shape index (κ3) is 5.16. The van der Waals surface area contributed by atoms with Crippen molar-refractivity contribution in [2.24, 2.45) is 0 Å². The van der Waals surface area contributed by atoms with Gasteiger partial charge < -0.3 is 10.6 Å². The van der Waals surface area contributed by atoms with E-state index in [1.165, 1.54) is 11.1 Å². The van der Waals surface area contributed by atoms with E-state index in [-0.39, 0.29) is 6.04 Å². The third-order valence-corrected chi connectivity index (χ3v) is 4.05. The summed E-state index contributed by atoms with van der Waals surface area (Å²) in [6, 6.07) is 18.1. The van der Waals surface area contributed by atoms with Crippen LogP contribution in [0.1, 0.15) is 24.1 Å². The fraction of sp³-hybridized carbons (Fsp3) is 0.211. The molecule has 25 heavy (non-hydrogen) atoms. The molecule has 1 aromatic heterocycles. The van der Waals surface area contributed by atoms with Crippen LogP contribution >= 0.6 is 11.6 Å². The lowest BCUT2D eigenvalue weighted by Gasteiger charge is -2.14. The van der Waals surface area contributed by atoms with E-state index < -0.39 is 0 Å². The molecule has 1 unspecified atom stereocenters. The van der Waals surface area contributed by atoms with E-state index in [0.717, 1.165) is 18.0 Å². The molecule has 0 spiro atoms. The van der Waals surface area contributed by atoms with Crippen molar-refractivity contribution in [2.75, 3.05) is 17.2 Å². The van der Waals surface area contributed by atoms with Gasteiger partial charge in [0.05, 0.1) is 12.2 Å². The number of nitrogens with one attached hydrogen (secondary N) is 2. The number of benzene rings is 2. The van der Waals surface area contributed by atoms with E-state index in [9.17, 15) is 0 Å². The maximum absolute atomic E-state index is 6.00. The highest BCUT2D eigenvalue weighted by Gasteiger charge is 2.07. The Morgan fingerprint density at radius 2 is 1.92 bits per heavy atom. The number of halogens is 1. The van der Waals surface area contributed by atoms with Crippen LogP contribution in [0.25, 0.3) is 0 Å². The molecule has 128 valence electrons. The Morgan fingerprint density at radius 1 is 1.08 bits per heavy atom. The Labute approximate surface area is 152 Å². The summed E-state index contributed by atoms with van der Waals surface area (Å²) in [5.41, 5.74) is 2.35. The lowest BCUT2D eigenvalue weighted by Crippen LogP contribution is -2.12. The number of nitrogens with zero attached hydrogens (tertiary/aromatic N) is 3. The number of rotatable bonds is 7. The van der Waals surface area contributed by atoms with Gasteiger partial charge in [-0.2, -0.15) is 10.1 Å². The normalized spacial score (nSPS) is 11.8. The minimum atomic E-state index is 0.102. The third-order valence-electron chi connectivity index (χ3n) is 3.81. The van der Waals surface area contributed by atoms with Gasteiger partial charge in [-0.3, -0.25) is 0 Å². The smallest absolute Gasteiger partial charge is 0.245 e. The van der Waals surface area contributed by atoms with Gasteiger partial charge in [0, 0.05) is 11.6 Å². The highest BCUT2D eigenvalue weighted by Crippen LogP contribution is 2.16. The van der Waals surface area contributed by atoms with Crippen LogP contribution in [0, 0.1) is 0 Å². The van der Waals surface area contributed by atoms with Gasteiger partial charge in [-0.15, -0.1) is 5.10 Å². The molecule has 0 aliphatic rings. The fourth-order valence-corrected chi connectivity index (χ4v) is 2.71. The predicted octanol–water partition coefficient (Wildman–Crippen LogP) is 4.35. The van der Waals surface area contributed by atoms with Crippen LogP contribution in [0.5, 0.6) is 0 Å².